The van der Waals surface area contributed by atoms with Crippen molar-refractivity contribution in [2.24, 2.45) is 0 Å². The third-order valence-electron chi connectivity index (χ3n) is 3.26. The zero-order valence-electron chi connectivity index (χ0n) is 9.40. The number of hydrogen-bond acceptors (Lipinski definition) is 1. The summed E-state index contributed by atoms with van der Waals surface area (Å²) in [7, 11) is 0. The van der Waals surface area contributed by atoms with E-state index in [0.29, 0.717) is 10.7 Å². The largest absolute Gasteiger partial charge is 0.710 e. The zero-order valence-corrected chi connectivity index (χ0v) is 10.2. The standard InChI is InChI=1S/C13H13ClN2O/c14-11-6-2-1-5-10(11)12-9-15-8-4-3-7-13(15)16(12)17/h1-2,5-6,9H,3-4,7-8H2. The highest BCUT2D eigenvalue weighted by Crippen LogP contribution is 2.27. The first-order valence-electron chi connectivity index (χ1n) is 5.84. The summed E-state index contributed by atoms with van der Waals surface area (Å²) in [4.78, 5) is 0. The van der Waals surface area contributed by atoms with Gasteiger partial charge in [-0.2, -0.15) is 0 Å². The fourth-order valence-corrected chi connectivity index (χ4v) is 2.61. The van der Waals surface area contributed by atoms with E-state index in [9.17, 15) is 5.21 Å². The lowest BCUT2D eigenvalue weighted by molar-refractivity contribution is -0.603. The van der Waals surface area contributed by atoms with E-state index < -0.39 is 0 Å². The van der Waals surface area contributed by atoms with Crippen LogP contribution in [0.4, 0.5) is 0 Å². The van der Waals surface area contributed by atoms with E-state index in [1.807, 2.05) is 30.5 Å². The molecule has 4 heteroatoms. The molecule has 0 saturated heterocycles. The van der Waals surface area contributed by atoms with E-state index in [1.165, 1.54) is 0 Å². The van der Waals surface area contributed by atoms with Crippen LogP contribution in [0.2, 0.25) is 5.02 Å². The third-order valence-corrected chi connectivity index (χ3v) is 3.59. The van der Waals surface area contributed by atoms with Crippen LogP contribution in [0, 0.1) is 5.21 Å². The summed E-state index contributed by atoms with van der Waals surface area (Å²) in [5.74, 6) is 0.853. The van der Waals surface area contributed by atoms with Crippen molar-refractivity contribution >= 4 is 11.6 Å². The Kier molecular flexibility index (Phi) is 2.56. The minimum atomic E-state index is 0.625. The van der Waals surface area contributed by atoms with Crippen molar-refractivity contribution in [1.29, 1.82) is 0 Å². The van der Waals surface area contributed by atoms with Crippen LogP contribution < -0.4 is 4.73 Å². The third kappa shape index (κ3) is 1.71. The minimum Gasteiger partial charge on any atom is -0.710 e. The lowest BCUT2D eigenvalue weighted by Gasteiger charge is -2.11. The van der Waals surface area contributed by atoms with Crippen LogP contribution >= 0.6 is 11.6 Å². The van der Waals surface area contributed by atoms with E-state index in [2.05, 4.69) is 4.57 Å². The van der Waals surface area contributed by atoms with Crippen molar-refractivity contribution in [2.75, 3.05) is 0 Å². The molecule has 1 aliphatic rings. The first kappa shape index (κ1) is 10.7. The van der Waals surface area contributed by atoms with Gasteiger partial charge in [-0.15, -0.1) is 0 Å². The first-order chi connectivity index (χ1) is 8.27. The average molecular weight is 249 g/mol. The van der Waals surface area contributed by atoms with E-state index >= 15 is 0 Å². The number of halogens is 1. The van der Waals surface area contributed by atoms with Gasteiger partial charge < -0.3 is 5.21 Å². The maximum absolute atomic E-state index is 12.2. The number of imidazole rings is 1. The van der Waals surface area contributed by atoms with E-state index in [4.69, 9.17) is 11.6 Å². The lowest BCUT2D eigenvalue weighted by atomic mass is 10.2. The predicted molar refractivity (Wildman–Crippen MR) is 66.8 cm³/mol. The van der Waals surface area contributed by atoms with Gasteiger partial charge in [-0.3, -0.25) is 0 Å². The van der Waals surface area contributed by atoms with Gasteiger partial charge in [0.1, 0.15) is 6.20 Å². The molecule has 1 aliphatic heterocycles. The van der Waals surface area contributed by atoms with Crippen molar-refractivity contribution in [3.05, 3.63) is 46.5 Å². The molecule has 0 bridgehead atoms. The van der Waals surface area contributed by atoms with E-state index in [0.717, 1.165) is 41.9 Å². The highest BCUT2D eigenvalue weighted by molar-refractivity contribution is 6.33. The summed E-state index contributed by atoms with van der Waals surface area (Å²) in [5.41, 5.74) is 1.47. The molecule has 0 saturated carbocycles. The van der Waals surface area contributed by atoms with Gasteiger partial charge in [0.15, 0.2) is 5.69 Å². The molecule has 17 heavy (non-hydrogen) atoms. The van der Waals surface area contributed by atoms with Crippen molar-refractivity contribution in [3.8, 4) is 11.3 Å². The van der Waals surface area contributed by atoms with Crippen molar-refractivity contribution in [1.82, 2.24) is 4.57 Å². The Labute approximate surface area is 105 Å². The molecular weight excluding hydrogens is 236 g/mol. The molecule has 0 aliphatic carbocycles. The summed E-state index contributed by atoms with van der Waals surface area (Å²) < 4.78 is 3.08. The van der Waals surface area contributed by atoms with Gasteiger partial charge in [-0.05, 0) is 25.0 Å². The van der Waals surface area contributed by atoms with Crippen LogP contribution in [0.5, 0.6) is 0 Å². The summed E-state index contributed by atoms with van der Waals surface area (Å²) in [6.45, 7) is 0.933. The number of aryl methyl sites for hydroxylation is 1. The Bertz CT molecular complexity index is 563. The van der Waals surface area contributed by atoms with Gasteiger partial charge in [-0.1, -0.05) is 23.7 Å². The summed E-state index contributed by atoms with van der Waals surface area (Å²) >= 11 is 6.13. The lowest BCUT2D eigenvalue weighted by Crippen LogP contribution is -2.34. The second kappa shape index (κ2) is 4.08. The van der Waals surface area contributed by atoms with Gasteiger partial charge in [0.2, 0.25) is 0 Å². The van der Waals surface area contributed by atoms with Gasteiger partial charge in [0, 0.05) is 12.0 Å². The number of rotatable bonds is 1. The molecule has 0 N–H and O–H groups in total. The van der Waals surface area contributed by atoms with Crippen molar-refractivity contribution < 1.29 is 4.73 Å². The zero-order chi connectivity index (χ0) is 11.8. The second-order valence-electron chi connectivity index (χ2n) is 4.36. The normalized spacial score (nSPS) is 14.6. The average Bonchev–Trinajstić information content (AvgIpc) is 2.68. The molecule has 0 atom stereocenters. The number of fused-ring (bicyclic) bond motifs is 1. The van der Waals surface area contributed by atoms with Crippen LogP contribution in [0.3, 0.4) is 0 Å². The van der Waals surface area contributed by atoms with Crippen LogP contribution in [-0.4, -0.2) is 4.57 Å². The first-order valence-corrected chi connectivity index (χ1v) is 6.21. The van der Waals surface area contributed by atoms with Crippen LogP contribution in [-0.2, 0) is 13.0 Å². The molecule has 0 radical (unpaired) electrons. The van der Waals surface area contributed by atoms with Crippen molar-refractivity contribution in [2.45, 2.75) is 25.8 Å². The summed E-state index contributed by atoms with van der Waals surface area (Å²) in [6.07, 6.45) is 5.01. The Morgan fingerprint density at radius 2 is 2.06 bits per heavy atom. The molecule has 0 unspecified atom stereocenters. The van der Waals surface area contributed by atoms with E-state index in [-0.39, 0.29) is 0 Å². The molecule has 0 amide bonds. The molecule has 2 heterocycles. The number of aromatic nitrogens is 2. The molecule has 1 aromatic carbocycles. The maximum atomic E-state index is 12.2. The van der Waals surface area contributed by atoms with E-state index in [1.54, 1.807) is 0 Å². The predicted octanol–water partition coefficient (Wildman–Crippen LogP) is 2.78. The van der Waals surface area contributed by atoms with Gasteiger partial charge >= 0.3 is 0 Å². The van der Waals surface area contributed by atoms with Crippen LogP contribution in [0.1, 0.15) is 18.7 Å². The molecule has 3 nitrogen and oxygen atoms in total. The van der Waals surface area contributed by atoms with Crippen LogP contribution in [0.25, 0.3) is 11.3 Å². The number of hydrogen-bond donors (Lipinski definition) is 0. The van der Waals surface area contributed by atoms with Gasteiger partial charge in [-0.25, -0.2) is 9.30 Å². The Morgan fingerprint density at radius 3 is 2.82 bits per heavy atom. The topological polar surface area (TPSA) is 31.9 Å². The molecule has 2 aromatic rings. The second-order valence-corrected chi connectivity index (χ2v) is 4.76. The molecule has 0 spiro atoms. The Morgan fingerprint density at radius 1 is 1.24 bits per heavy atom. The minimum absolute atomic E-state index is 0.625. The molecule has 88 valence electrons. The SMILES string of the molecule is [O-][n+]1c(-c2ccccc2Cl)cn2c1CCCC2. The molecule has 3 rings (SSSR count). The highest BCUT2D eigenvalue weighted by Gasteiger charge is 2.23. The Hall–Kier alpha value is -1.48. The quantitative estimate of drug-likeness (QED) is 0.564. The fraction of sp³-hybridized carbons (Fsp3) is 0.308. The number of nitrogens with zero attached hydrogens (tertiary/aromatic N) is 2. The summed E-state index contributed by atoms with van der Waals surface area (Å²) in [5, 5.41) is 12.8. The highest BCUT2D eigenvalue weighted by atomic mass is 35.5. The number of benzene rings is 1. The summed E-state index contributed by atoms with van der Waals surface area (Å²) in [6, 6.07) is 7.47. The monoisotopic (exact) mass is 248 g/mol. The fourth-order valence-electron chi connectivity index (χ4n) is 2.38. The van der Waals surface area contributed by atoms with Crippen molar-refractivity contribution in [3.63, 3.8) is 0 Å². The van der Waals surface area contributed by atoms with Gasteiger partial charge in [0.05, 0.1) is 11.6 Å². The van der Waals surface area contributed by atoms with Crippen LogP contribution in [0.15, 0.2) is 30.5 Å². The van der Waals surface area contributed by atoms with Gasteiger partial charge in [0.25, 0.3) is 5.82 Å². The smallest absolute Gasteiger partial charge is 0.259 e. The molecular formula is C13H13ClN2O. The Balaban J connectivity index is 2.16. The molecule has 0 fully saturated rings. The maximum Gasteiger partial charge on any atom is 0.259 e. The molecule has 1 aromatic heterocycles.